The van der Waals surface area contributed by atoms with Crippen LogP contribution in [0, 0.1) is 6.92 Å². The third-order valence-electron chi connectivity index (χ3n) is 4.18. The quantitative estimate of drug-likeness (QED) is 0.588. The molecule has 0 aliphatic carbocycles. The van der Waals surface area contributed by atoms with Crippen molar-refractivity contribution in [2.24, 2.45) is 0 Å². The first-order valence-corrected chi connectivity index (χ1v) is 9.97. The van der Waals surface area contributed by atoms with Gasteiger partial charge in [0.15, 0.2) is 11.0 Å². The summed E-state index contributed by atoms with van der Waals surface area (Å²) in [7, 11) is 0. The van der Waals surface area contributed by atoms with Crippen molar-refractivity contribution in [1.29, 1.82) is 0 Å². The van der Waals surface area contributed by atoms with Crippen molar-refractivity contribution in [3.8, 4) is 11.4 Å². The molecule has 3 rings (SSSR count). The summed E-state index contributed by atoms with van der Waals surface area (Å²) in [6.07, 6.45) is 0. The molecular formula is C20H21ClN4OS. The molecular weight excluding hydrogens is 380 g/mol. The van der Waals surface area contributed by atoms with Crippen molar-refractivity contribution < 1.29 is 4.79 Å². The Hall–Kier alpha value is -2.31. The Morgan fingerprint density at radius 2 is 1.89 bits per heavy atom. The second-order valence-electron chi connectivity index (χ2n) is 6.12. The second-order valence-corrected chi connectivity index (χ2v) is 7.87. The normalized spacial score (nSPS) is 12.0. The Balaban J connectivity index is 1.76. The van der Waals surface area contributed by atoms with Gasteiger partial charge in [-0.25, -0.2) is 0 Å². The smallest absolute Gasteiger partial charge is 0.237 e. The third kappa shape index (κ3) is 4.51. The van der Waals surface area contributed by atoms with E-state index in [1.165, 1.54) is 11.8 Å². The number of aryl methyl sites for hydroxylation is 1. The van der Waals surface area contributed by atoms with Crippen LogP contribution >= 0.6 is 23.4 Å². The molecule has 1 amide bonds. The van der Waals surface area contributed by atoms with Crippen molar-refractivity contribution in [3.63, 3.8) is 0 Å². The van der Waals surface area contributed by atoms with E-state index in [1.54, 1.807) is 24.3 Å². The van der Waals surface area contributed by atoms with Gasteiger partial charge in [0.1, 0.15) is 0 Å². The highest BCUT2D eigenvalue weighted by atomic mass is 35.5. The summed E-state index contributed by atoms with van der Waals surface area (Å²) in [5.74, 6) is 0.730. The van der Waals surface area contributed by atoms with E-state index >= 15 is 0 Å². The van der Waals surface area contributed by atoms with Crippen molar-refractivity contribution in [2.45, 2.75) is 37.7 Å². The molecule has 1 N–H and O–H groups in total. The molecule has 140 valence electrons. The van der Waals surface area contributed by atoms with Gasteiger partial charge >= 0.3 is 0 Å². The molecule has 0 fully saturated rings. The minimum absolute atomic E-state index is 0.0922. The molecule has 2 aromatic carbocycles. The van der Waals surface area contributed by atoms with Gasteiger partial charge in [-0.1, -0.05) is 47.6 Å². The van der Waals surface area contributed by atoms with Crippen LogP contribution in [0.4, 0.5) is 5.69 Å². The van der Waals surface area contributed by atoms with Gasteiger partial charge < -0.3 is 9.88 Å². The van der Waals surface area contributed by atoms with Gasteiger partial charge in [0.25, 0.3) is 0 Å². The van der Waals surface area contributed by atoms with Crippen molar-refractivity contribution >= 4 is 35.0 Å². The number of aromatic nitrogens is 3. The summed E-state index contributed by atoms with van der Waals surface area (Å²) in [5, 5.41) is 12.6. The molecule has 3 aromatic rings. The molecule has 0 aliphatic heterocycles. The fraction of sp³-hybridized carbons (Fsp3) is 0.250. The molecule has 0 aliphatic rings. The van der Waals surface area contributed by atoms with Crippen LogP contribution in [0.2, 0.25) is 5.02 Å². The summed E-state index contributed by atoms with van der Waals surface area (Å²) in [4.78, 5) is 12.5. The van der Waals surface area contributed by atoms with Crippen LogP contribution in [0.15, 0.2) is 53.7 Å². The molecule has 7 heteroatoms. The van der Waals surface area contributed by atoms with Gasteiger partial charge in [-0.3, -0.25) is 4.79 Å². The average molecular weight is 401 g/mol. The summed E-state index contributed by atoms with van der Waals surface area (Å²) in [5.41, 5.74) is 2.91. The van der Waals surface area contributed by atoms with Crippen molar-refractivity contribution in [2.75, 3.05) is 5.32 Å². The lowest BCUT2D eigenvalue weighted by atomic mass is 10.1. The maximum atomic E-state index is 12.5. The molecule has 1 aromatic heterocycles. The van der Waals surface area contributed by atoms with Gasteiger partial charge in [0.2, 0.25) is 5.91 Å². The van der Waals surface area contributed by atoms with Crippen LogP contribution < -0.4 is 5.32 Å². The van der Waals surface area contributed by atoms with E-state index in [9.17, 15) is 4.79 Å². The fourth-order valence-corrected chi connectivity index (χ4v) is 3.71. The number of nitrogens with zero attached hydrogens (tertiary/aromatic N) is 3. The van der Waals surface area contributed by atoms with Crippen molar-refractivity contribution in [3.05, 3.63) is 59.1 Å². The highest BCUT2D eigenvalue weighted by Gasteiger charge is 2.21. The van der Waals surface area contributed by atoms with E-state index in [0.717, 1.165) is 34.3 Å². The zero-order valence-electron chi connectivity index (χ0n) is 15.4. The van der Waals surface area contributed by atoms with E-state index in [2.05, 4.69) is 28.5 Å². The van der Waals surface area contributed by atoms with Crippen LogP contribution in [0.5, 0.6) is 0 Å². The van der Waals surface area contributed by atoms with Gasteiger partial charge in [-0.2, -0.15) is 0 Å². The van der Waals surface area contributed by atoms with Crippen LogP contribution in [0.3, 0.4) is 0 Å². The first kappa shape index (κ1) is 19.5. The lowest BCUT2D eigenvalue weighted by Gasteiger charge is -2.13. The van der Waals surface area contributed by atoms with Crippen LogP contribution in [0.1, 0.15) is 19.4 Å². The Morgan fingerprint density at radius 1 is 1.19 bits per heavy atom. The van der Waals surface area contributed by atoms with Gasteiger partial charge in [-0.15, -0.1) is 10.2 Å². The summed E-state index contributed by atoms with van der Waals surface area (Å²) in [6, 6.07) is 15.1. The minimum Gasteiger partial charge on any atom is -0.325 e. The maximum Gasteiger partial charge on any atom is 0.237 e. The number of anilines is 1. The zero-order valence-corrected chi connectivity index (χ0v) is 17.0. The highest BCUT2D eigenvalue weighted by molar-refractivity contribution is 8.00. The first-order chi connectivity index (χ1) is 13.0. The van der Waals surface area contributed by atoms with Gasteiger partial charge in [0.05, 0.1) is 5.25 Å². The first-order valence-electron chi connectivity index (χ1n) is 8.72. The molecule has 1 atom stereocenters. The Kier molecular flexibility index (Phi) is 6.19. The molecule has 0 unspecified atom stereocenters. The molecule has 0 radical (unpaired) electrons. The van der Waals surface area contributed by atoms with E-state index in [-0.39, 0.29) is 11.2 Å². The number of halogens is 1. The standard InChI is InChI=1S/C20H21ClN4OS/c1-4-25-18(17-8-6-5-7-13(17)2)23-24-20(25)27-14(3)19(26)22-16-11-9-15(21)10-12-16/h5-12,14H,4H2,1-3H3,(H,22,26)/t14-/m0/s1. The number of benzene rings is 2. The Labute approximate surface area is 168 Å². The summed E-state index contributed by atoms with van der Waals surface area (Å²) in [6.45, 7) is 6.69. The molecule has 1 heterocycles. The molecule has 5 nitrogen and oxygen atoms in total. The number of nitrogens with one attached hydrogen (secondary N) is 1. The zero-order chi connectivity index (χ0) is 19.4. The molecule has 0 saturated carbocycles. The van der Waals surface area contributed by atoms with E-state index in [0.29, 0.717) is 5.02 Å². The maximum absolute atomic E-state index is 12.5. The lowest BCUT2D eigenvalue weighted by Crippen LogP contribution is -2.22. The third-order valence-corrected chi connectivity index (χ3v) is 5.51. The largest absolute Gasteiger partial charge is 0.325 e. The van der Waals surface area contributed by atoms with Crippen LogP contribution in [-0.2, 0) is 11.3 Å². The average Bonchev–Trinajstić information content (AvgIpc) is 3.06. The van der Waals surface area contributed by atoms with Crippen LogP contribution in [0.25, 0.3) is 11.4 Å². The molecule has 0 bridgehead atoms. The number of hydrogen-bond donors (Lipinski definition) is 1. The van der Waals surface area contributed by atoms with E-state index < -0.39 is 0 Å². The van der Waals surface area contributed by atoms with E-state index in [4.69, 9.17) is 11.6 Å². The number of amides is 1. The van der Waals surface area contributed by atoms with Gasteiger partial charge in [-0.05, 0) is 50.6 Å². The van der Waals surface area contributed by atoms with Crippen molar-refractivity contribution in [1.82, 2.24) is 14.8 Å². The Morgan fingerprint density at radius 3 is 2.56 bits per heavy atom. The van der Waals surface area contributed by atoms with Crippen LogP contribution in [-0.4, -0.2) is 25.9 Å². The summed E-state index contributed by atoms with van der Waals surface area (Å²) < 4.78 is 2.04. The van der Waals surface area contributed by atoms with E-state index in [1.807, 2.05) is 36.6 Å². The molecule has 0 spiro atoms. The molecule has 0 saturated heterocycles. The predicted octanol–water partition coefficient (Wildman–Crippen LogP) is 5.05. The highest BCUT2D eigenvalue weighted by Crippen LogP contribution is 2.28. The lowest BCUT2D eigenvalue weighted by molar-refractivity contribution is -0.115. The van der Waals surface area contributed by atoms with Gasteiger partial charge in [0, 0.05) is 22.8 Å². The monoisotopic (exact) mass is 400 g/mol. The minimum atomic E-state index is -0.320. The Bertz CT molecular complexity index is 939. The predicted molar refractivity (Wildman–Crippen MR) is 111 cm³/mol. The second kappa shape index (κ2) is 8.59. The number of hydrogen-bond acceptors (Lipinski definition) is 4. The number of carbonyl (C=O) groups is 1. The fourth-order valence-electron chi connectivity index (χ4n) is 2.67. The summed E-state index contributed by atoms with van der Waals surface area (Å²) >= 11 is 7.28. The number of carbonyl (C=O) groups excluding carboxylic acids is 1. The number of rotatable bonds is 6. The molecule has 27 heavy (non-hydrogen) atoms. The number of thioether (sulfide) groups is 1. The topological polar surface area (TPSA) is 59.8 Å². The SMILES string of the molecule is CCn1c(S[C@@H](C)C(=O)Nc2ccc(Cl)cc2)nnc1-c1ccccc1C.